The van der Waals surface area contributed by atoms with Gasteiger partial charge in [-0.15, -0.1) is 0 Å². The molecule has 0 fully saturated rings. The largest absolute Gasteiger partial charge is 0.430 e. The van der Waals surface area contributed by atoms with E-state index >= 15 is 0 Å². The number of carbonyl (C=O) groups excluding carboxylic acids is 2. The van der Waals surface area contributed by atoms with Crippen molar-refractivity contribution in [3.05, 3.63) is 35.6 Å². The molecule has 0 unspecified atom stereocenters. The van der Waals surface area contributed by atoms with Crippen molar-refractivity contribution in [2.24, 2.45) is 0 Å². The molecule has 0 aliphatic carbocycles. The summed E-state index contributed by atoms with van der Waals surface area (Å²) in [6.45, 7) is 3.42. The number of hydrogen-bond donors (Lipinski definition) is 2. The normalized spacial score (nSPS) is 10.2. The number of nitrogens with two attached hydrogens (primary N) is 1. The molecular formula is C14H15N3O4. The van der Waals surface area contributed by atoms with Crippen molar-refractivity contribution in [3.63, 3.8) is 0 Å². The van der Waals surface area contributed by atoms with Crippen molar-refractivity contribution >= 4 is 23.7 Å². The van der Waals surface area contributed by atoms with Gasteiger partial charge in [-0.1, -0.05) is 19.1 Å². The lowest BCUT2D eigenvalue weighted by Gasteiger charge is -2.11. The van der Waals surface area contributed by atoms with Crippen molar-refractivity contribution in [3.8, 4) is 5.75 Å². The second-order valence-electron chi connectivity index (χ2n) is 4.31. The summed E-state index contributed by atoms with van der Waals surface area (Å²) in [4.78, 5) is 27.5. The Balaban J connectivity index is 2.27. The van der Waals surface area contributed by atoms with Gasteiger partial charge >= 0.3 is 12.0 Å². The van der Waals surface area contributed by atoms with Crippen LogP contribution < -0.4 is 15.8 Å². The molecule has 1 amide bonds. The van der Waals surface area contributed by atoms with Crippen LogP contribution in [-0.2, 0) is 4.79 Å². The number of carbonyl (C=O) groups is 2. The van der Waals surface area contributed by atoms with Gasteiger partial charge in [0, 0.05) is 6.42 Å². The predicted molar refractivity (Wildman–Crippen MR) is 76.0 cm³/mol. The molecule has 110 valence electrons. The van der Waals surface area contributed by atoms with Gasteiger partial charge in [-0.05, 0) is 18.6 Å². The maximum Gasteiger partial charge on any atom is 0.310 e. The van der Waals surface area contributed by atoms with E-state index in [1.807, 2.05) is 0 Å². The predicted octanol–water partition coefficient (Wildman–Crippen LogP) is 2.13. The summed E-state index contributed by atoms with van der Waals surface area (Å²) in [6, 6.07) is 4.97. The molecule has 0 radical (unpaired) electrons. The summed E-state index contributed by atoms with van der Waals surface area (Å²) in [5.74, 6) is -0.535. The summed E-state index contributed by atoms with van der Waals surface area (Å²) >= 11 is 0. The molecule has 1 aromatic carbocycles. The van der Waals surface area contributed by atoms with E-state index in [1.165, 1.54) is 6.26 Å². The number of oxazole rings is 1. The van der Waals surface area contributed by atoms with Gasteiger partial charge in [0.15, 0.2) is 5.82 Å². The van der Waals surface area contributed by atoms with E-state index in [0.717, 1.165) is 0 Å². The van der Waals surface area contributed by atoms with Crippen LogP contribution in [0.5, 0.6) is 5.75 Å². The van der Waals surface area contributed by atoms with E-state index in [0.29, 0.717) is 5.56 Å². The molecule has 21 heavy (non-hydrogen) atoms. The number of rotatable bonds is 4. The Morgan fingerprint density at radius 1 is 1.43 bits per heavy atom. The standard InChI is InChI=1S/C14H15N3O4/c1-3-11(18)21-12-8(2)5-4-6-9(12)13(19)17-14-16-10(15)7-20-14/h4-7H,3,15H2,1-2H3,(H,16,17,19). The Morgan fingerprint density at radius 3 is 2.81 bits per heavy atom. The maximum atomic E-state index is 12.2. The van der Waals surface area contributed by atoms with Crippen LogP contribution >= 0.6 is 0 Å². The van der Waals surface area contributed by atoms with Crippen LogP contribution in [0.2, 0.25) is 0 Å². The number of esters is 1. The Morgan fingerprint density at radius 2 is 2.19 bits per heavy atom. The van der Waals surface area contributed by atoms with Crippen LogP contribution in [0, 0.1) is 6.92 Å². The molecule has 0 saturated carbocycles. The number of nitrogens with one attached hydrogen (secondary N) is 1. The topological polar surface area (TPSA) is 107 Å². The zero-order valence-corrected chi connectivity index (χ0v) is 11.7. The van der Waals surface area contributed by atoms with Gasteiger partial charge in [0.05, 0.1) is 5.56 Å². The van der Waals surface area contributed by atoms with Gasteiger partial charge in [0.2, 0.25) is 0 Å². The number of nitrogens with zero attached hydrogens (tertiary/aromatic N) is 1. The van der Waals surface area contributed by atoms with E-state index in [1.54, 1.807) is 32.0 Å². The average molecular weight is 289 g/mol. The summed E-state index contributed by atoms with van der Waals surface area (Å²) < 4.78 is 10.2. The first kappa shape index (κ1) is 14.6. The fourth-order valence-corrected chi connectivity index (χ4v) is 1.66. The van der Waals surface area contributed by atoms with Gasteiger partial charge in [-0.2, -0.15) is 4.98 Å². The minimum Gasteiger partial charge on any atom is -0.430 e. The summed E-state index contributed by atoms with van der Waals surface area (Å²) in [5.41, 5.74) is 6.30. The van der Waals surface area contributed by atoms with Gasteiger partial charge < -0.3 is 14.9 Å². The van der Waals surface area contributed by atoms with E-state index in [4.69, 9.17) is 14.9 Å². The smallest absolute Gasteiger partial charge is 0.310 e. The zero-order chi connectivity index (χ0) is 15.4. The number of ether oxygens (including phenoxy) is 1. The highest BCUT2D eigenvalue weighted by molar-refractivity contribution is 6.05. The quantitative estimate of drug-likeness (QED) is 0.659. The fraction of sp³-hybridized carbons (Fsp3) is 0.214. The zero-order valence-electron chi connectivity index (χ0n) is 11.7. The van der Waals surface area contributed by atoms with Crippen LogP contribution in [0.15, 0.2) is 28.9 Å². The van der Waals surface area contributed by atoms with Crippen LogP contribution in [0.3, 0.4) is 0 Å². The van der Waals surface area contributed by atoms with Gasteiger partial charge in [-0.25, -0.2) is 0 Å². The highest BCUT2D eigenvalue weighted by atomic mass is 16.5. The van der Waals surface area contributed by atoms with Crippen LogP contribution in [0.25, 0.3) is 0 Å². The number of amides is 1. The second kappa shape index (κ2) is 6.08. The van der Waals surface area contributed by atoms with E-state index in [-0.39, 0.29) is 29.6 Å². The average Bonchev–Trinajstić information content (AvgIpc) is 2.86. The van der Waals surface area contributed by atoms with Crippen molar-refractivity contribution in [1.82, 2.24) is 4.98 Å². The molecule has 0 bridgehead atoms. The van der Waals surface area contributed by atoms with Crippen LogP contribution in [0.1, 0.15) is 29.3 Å². The molecule has 0 saturated heterocycles. The Bertz CT molecular complexity index is 679. The highest BCUT2D eigenvalue weighted by Crippen LogP contribution is 2.25. The molecule has 2 rings (SSSR count). The molecular weight excluding hydrogens is 274 g/mol. The molecule has 2 aromatic rings. The molecule has 0 spiro atoms. The lowest BCUT2D eigenvalue weighted by Crippen LogP contribution is -2.16. The number of anilines is 2. The van der Waals surface area contributed by atoms with Crippen molar-refractivity contribution < 1.29 is 18.7 Å². The van der Waals surface area contributed by atoms with Crippen molar-refractivity contribution in [1.29, 1.82) is 0 Å². The summed E-state index contributed by atoms with van der Waals surface area (Å²) in [6.07, 6.45) is 1.43. The SMILES string of the molecule is CCC(=O)Oc1c(C)cccc1C(=O)Nc1nc(N)co1. The third kappa shape index (κ3) is 3.38. The highest BCUT2D eigenvalue weighted by Gasteiger charge is 2.18. The number of benzene rings is 1. The minimum atomic E-state index is -0.501. The number of aryl methyl sites for hydroxylation is 1. The number of aromatic nitrogens is 1. The van der Waals surface area contributed by atoms with Crippen molar-refractivity contribution in [2.45, 2.75) is 20.3 Å². The third-order valence-corrected chi connectivity index (χ3v) is 2.70. The Hall–Kier alpha value is -2.83. The fourth-order valence-electron chi connectivity index (χ4n) is 1.66. The Kier molecular flexibility index (Phi) is 4.22. The minimum absolute atomic E-state index is 0.0215. The monoisotopic (exact) mass is 289 g/mol. The molecule has 3 N–H and O–H groups in total. The molecule has 1 heterocycles. The number of hydrogen-bond acceptors (Lipinski definition) is 6. The molecule has 1 aromatic heterocycles. The third-order valence-electron chi connectivity index (χ3n) is 2.70. The molecule has 0 aliphatic heterocycles. The van der Waals surface area contributed by atoms with E-state index in [9.17, 15) is 9.59 Å². The first-order valence-electron chi connectivity index (χ1n) is 6.34. The number of nitrogen functional groups attached to an aromatic ring is 1. The second-order valence-corrected chi connectivity index (χ2v) is 4.31. The first-order valence-corrected chi connectivity index (χ1v) is 6.34. The van der Waals surface area contributed by atoms with E-state index < -0.39 is 11.9 Å². The molecule has 7 heteroatoms. The molecule has 7 nitrogen and oxygen atoms in total. The van der Waals surface area contributed by atoms with E-state index in [2.05, 4.69) is 10.3 Å². The first-order chi connectivity index (χ1) is 10.0. The van der Waals surface area contributed by atoms with Gasteiger partial charge in [0.1, 0.15) is 12.0 Å². The van der Waals surface area contributed by atoms with Gasteiger partial charge in [0.25, 0.3) is 5.91 Å². The van der Waals surface area contributed by atoms with Crippen molar-refractivity contribution in [2.75, 3.05) is 11.1 Å². The summed E-state index contributed by atoms with van der Waals surface area (Å²) in [7, 11) is 0. The Labute approximate surface area is 121 Å². The lowest BCUT2D eigenvalue weighted by atomic mass is 10.1. The maximum absolute atomic E-state index is 12.2. The summed E-state index contributed by atoms with van der Waals surface area (Å²) in [5, 5.41) is 2.45. The van der Waals surface area contributed by atoms with Gasteiger partial charge in [-0.3, -0.25) is 14.9 Å². The van der Waals surface area contributed by atoms with Crippen LogP contribution in [0.4, 0.5) is 11.8 Å². The lowest BCUT2D eigenvalue weighted by molar-refractivity contribution is -0.134. The van der Waals surface area contributed by atoms with Crippen LogP contribution in [-0.4, -0.2) is 16.9 Å². The molecule has 0 aliphatic rings. The number of para-hydroxylation sites is 1. The molecule has 0 atom stereocenters.